The second-order valence-corrected chi connectivity index (χ2v) is 9.77. The molecule has 132 valence electrons. The lowest BCUT2D eigenvalue weighted by atomic mass is 10.3. The second-order valence-electron chi connectivity index (χ2n) is 5.16. The van der Waals surface area contributed by atoms with Crippen LogP contribution < -0.4 is 5.73 Å². The van der Waals surface area contributed by atoms with E-state index in [9.17, 15) is 16.8 Å². The number of nitrogens with zero attached hydrogens (tertiary/aromatic N) is 2. The number of sulfonamides is 2. The van der Waals surface area contributed by atoms with Gasteiger partial charge in [0.25, 0.3) is 20.0 Å². The van der Waals surface area contributed by atoms with Gasteiger partial charge < -0.3 is 5.73 Å². The third kappa shape index (κ3) is 2.86. The first kappa shape index (κ1) is 18.0. The monoisotopic (exact) mass is 419 g/mol. The van der Waals surface area contributed by atoms with Gasteiger partial charge in [0, 0.05) is 10.0 Å². The summed E-state index contributed by atoms with van der Waals surface area (Å²) in [5, 5.41) is 0.233. The van der Waals surface area contributed by atoms with E-state index >= 15 is 0 Å². The normalized spacial score (nSPS) is 16.3. The third-order valence-electron chi connectivity index (χ3n) is 3.44. The number of halogens is 2. The lowest BCUT2D eigenvalue weighted by Crippen LogP contribution is -2.42. The zero-order valence-corrected chi connectivity index (χ0v) is 15.8. The summed E-state index contributed by atoms with van der Waals surface area (Å²) in [5.74, 6) is -0.241. The highest BCUT2D eigenvalue weighted by Crippen LogP contribution is 2.38. The van der Waals surface area contributed by atoms with E-state index < -0.39 is 24.9 Å². The molecule has 0 saturated carbocycles. The van der Waals surface area contributed by atoms with E-state index in [2.05, 4.69) is 4.99 Å². The molecule has 11 heteroatoms. The molecular weight excluding hydrogens is 409 g/mol. The van der Waals surface area contributed by atoms with Crippen LogP contribution in [0.2, 0.25) is 10.0 Å². The molecule has 0 amide bonds. The number of amidine groups is 1. The van der Waals surface area contributed by atoms with Crippen molar-refractivity contribution in [3.05, 3.63) is 46.4 Å². The van der Waals surface area contributed by atoms with E-state index in [1.807, 2.05) is 0 Å². The van der Waals surface area contributed by atoms with E-state index in [1.165, 1.54) is 31.2 Å². The molecule has 1 aliphatic heterocycles. The fraction of sp³-hybridized carbons (Fsp3) is 0.0714. The molecule has 0 spiro atoms. The number of benzene rings is 2. The van der Waals surface area contributed by atoms with Crippen molar-refractivity contribution in [1.82, 2.24) is 3.71 Å². The molecule has 0 bridgehead atoms. The largest absolute Gasteiger partial charge is 0.398 e. The van der Waals surface area contributed by atoms with Crippen LogP contribution in [0, 0.1) is 0 Å². The average Bonchev–Trinajstić information content (AvgIpc) is 2.50. The van der Waals surface area contributed by atoms with E-state index in [1.54, 1.807) is 0 Å². The van der Waals surface area contributed by atoms with Crippen LogP contribution in [-0.2, 0) is 20.0 Å². The fourth-order valence-corrected chi connectivity index (χ4v) is 6.81. The van der Waals surface area contributed by atoms with E-state index in [-0.39, 0.29) is 35.9 Å². The van der Waals surface area contributed by atoms with Crippen LogP contribution in [0.1, 0.15) is 6.92 Å². The molecule has 3 rings (SSSR count). The molecule has 0 aliphatic carbocycles. The van der Waals surface area contributed by atoms with Gasteiger partial charge in [-0.25, -0.2) is 4.99 Å². The number of anilines is 1. The molecule has 1 heterocycles. The van der Waals surface area contributed by atoms with Crippen LogP contribution in [0.3, 0.4) is 0 Å². The number of fused-ring (bicyclic) bond motifs is 1. The summed E-state index contributed by atoms with van der Waals surface area (Å²) in [6.45, 7) is 1.27. The van der Waals surface area contributed by atoms with Crippen LogP contribution in [-0.4, -0.2) is 26.4 Å². The van der Waals surface area contributed by atoms with Gasteiger partial charge in [0.15, 0.2) is 0 Å². The Kier molecular flexibility index (Phi) is 4.23. The molecule has 2 aromatic carbocycles. The maximum absolute atomic E-state index is 13.0. The Hall–Kier alpha value is -1.81. The zero-order valence-electron chi connectivity index (χ0n) is 12.6. The molecule has 1 aliphatic rings. The van der Waals surface area contributed by atoms with Gasteiger partial charge in [-0.05, 0) is 43.3 Å². The maximum atomic E-state index is 13.0. The first-order valence-corrected chi connectivity index (χ1v) is 10.4. The zero-order chi connectivity index (χ0) is 18.6. The Labute approximate surface area is 154 Å². The van der Waals surface area contributed by atoms with E-state index in [0.29, 0.717) is 0 Å². The summed E-state index contributed by atoms with van der Waals surface area (Å²) in [6.07, 6.45) is 0. The van der Waals surface area contributed by atoms with Gasteiger partial charge in [0.1, 0.15) is 15.6 Å². The highest BCUT2D eigenvalue weighted by molar-refractivity contribution is 8.05. The Balaban J connectivity index is 2.29. The van der Waals surface area contributed by atoms with Crippen LogP contribution in [0.5, 0.6) is 0 Å². The molecule has 2 N–H and O–H groups in total. The molecule has 0 atom stereocenters. The van der Waals surface area contributed by atoms with Crippen molar-refractivity contribution < 1.29 is 16.8 Å². The molecular formula is C14H11Cl2N3O4S2. The smallest absolute Gasteiger partial charge is 0.280 e. The summed E-state index contributed by atoms with van der Waals surface area (Å²) in [4.78, 5) is 3.32. The Bertz CT molecular complexity index is 1130. The molecule has 0 saturated heterocycles. The number of aliphatic imine (C=N–C) groups is 1. The molecule has 0 aromatic heterocycles. The van der Waals surface area contributed by atoms with Crippen molar-refractivity contribution >= 4 is 60.5 Å². The van der Waals surface area contributed by atoms with Crippen molar-refractivity contribution in [2.75, 3.05) is 5.73 Å². The van der Waals surface area contributed by atoms with Crippen molar-refractivity contribution in [3.8, 4) is 0 Å². The quantitative estimate of drug-likeness (QED) is 0.751. The summed E-state index contributed by atoms with van der Waals surface area (Å²) >= 11 is 11.7. The lowest BCUT2D eigenvalue weighted by molar-refractivity contribution is 0.544. The molecule has 0 radical (unpaired) electrons. The topological polar surface area (TPSA) is 110 Å². The number of nitrogens with two attached hydrogens (primary N) is 1. The highest BCUT2D eigenvalue weighted by Gasteiger charge is 2.42. The van der Waals surface area contributed by atoms with Crippen LogP contribution >= 0.6 is 23.2 Å². The highest BCUT2D eigenvalue weighted by atomic mass is 35.5. The first-order valence-electron chi connectivity index (χ1n) is 6.75. The average molecular weight is 420 g/mol. The molecule has 2 aromatic rings. The molecule has 0 unspecified atom stereocenters. The van der Waals surface area contributed by atoms with Crippen LogP contribution in [0.15, 0.2) is 51.2 Å². The predicted molar refractivity (Wildman–Crippen MR) is 96.3 cm³/mol. The summed E-state index contributed by atoms with van der Waals surface area (Å²) in [6, 6.07) is 7.77. The lowest BCUT2D eigenvalue weighted by Gasteiger charge is -2.28. The minimum atomic E-state index is -4.57. The Morgan fingerprint density at radius 3 is 2.36 bits per heavy atom. The SMILES string of the molecule is CC1=Nc2ccc(Cl)cc2S(=O)(=O)N1S(=O)(=O)c1cc(Cl)ccc1N. The van der Waals surface area contributed by atoms with Gasteiger partial charge in [-0.15, -0.1) is 3.71 Å². The van der Waals surface area contributed by atoms with E-state index in [4.69, 9.17) is 28.9 Å². The Morgan fingerprint density at radius 2 is 1.68 bits per heavy atom. The minimum Gasteiger partial charge on any atom is -0.398 e. The number of rotatable bonds is 2. The van der Waals surface area contributed by atoms with Crippen LogP contribution in [0.25, 0.3) is 0 Å². The van der Waals surface area contributed by atoms with Gasteiger partial charge >= 0.3 is 0 Å². The summed E-state index contributed by atoms with van der Waals surface area (Å²) < 4.78 is 52.0. The maximum Gasteiger partial charge on any atom is 0.280 e. The predicted octanol–water partition coefficient (Wildman–Crippen LogP) is 3.02. The van der Waals surface area contributed by atoms with E-state index in [0.717, 1.165) is 12.1 Å². The van der Waals surface area contributed by atoms with Crippen LogP contribution in [0.4, 0.5) is 11.4 Å². The van der Waals surface area contributed by atoms with Crippen molar-refractivity contribution in [1.29, 1.82) is 0 Å². The second kappa shape index (κ2) is 5.87. The standard InChI is InChI=1S/C14H11Cl2N3O4S2/c1-8-18-12-5-3-10(16)7-14(12)25(22,23)19(8)24(20,21)13-6-9(15)2-4-11(13)17/h2-7H,17H2,1H3. The van der Waals surface area contributed by atoms with Gasteiger partial charge in [0.2, 0.25) is 0 Å². The van der Waals surface area contributed by atoms with Gasteiger partial charge in [-0.2, -0.15) is 16.8 Å². The van der Waals surface area contributed by atoms with Gasteiger partial charge in [-0.1, -0.05) is 23.2 Å². The number of nitrogen functional groups attached to an aromatic ring is 1. The first-order chi connectivity index (χ1) is 11.5. The minimum absolute atomic E-state index is 0.0974. The van der Waals surface area contributed by atoms with Crippen molar-refractivity contribution in [2.45, 2.75) is 16.7 Å². The van der Waals surface area contributed by atoms with Gasteiger partial charge in [0.05, 0.1) is 11.4 Å². The number of hydrogen-bond donors (Lipinski definition) is 1. The van der Waals surface area contributed by atoms with Crippen molar-refractivity contribution in [2.24, 2.45) is 4.99 Å². The third-order valence-corrected chi connectivity index (χ3v) is 8.28. The fourth-order valence-electron chi connectivity index (χ4n) is 2.39. The molecule has 7 nitrogen and oxygen atoms in total. The molecule has 25 heavy (non-hydrogen) atoms. The van der Waals surface area contributed by atoms with Crippen molar-refractivity contribution in [3.63, 3.8) is 0 Å². The summed E-state index contributed by atoms with van der Waals surface area (Å²) in [5.41, 5.74) is 5.68. The molecule has 0 fully saturated rings. The Morgan fingerprint density at radius 1 is 1.08 bits per heavy atom. The van der Waals surface area contributed by atoms with Gasteiger partial charge in [-0.3, -0.25) is 0 Å². The summed E-state index contributed by atoms with van der Waals surface area (Å²) in [7, 11) is -9.02. The number of hydrogen-bond acceptors (Lipinski definition) is 6.